The average Bonchev–Trinajstić information content (AvgIpc) is 3.07. The number of ether oxygens (including phenoxy) is 1. The van der Waals surface area contributed by atoms with Crippen LogP contribution in [0.4, 0.5) is 4.79 Å². The molecule has 2 amide bonds. The topological polar surface area (TPSA) is 75.9 Å². The molecule has 1 saturated carbocycles. The van der Waals surface area contributed by atoms with Gasteiger partial charge in [0.15, 0.2) is 0 Å². The molecule has 1 N–H and O–H groups in total. The molecule has 0 atom stereocenters. The fourth-order valence-corrected chi connectivity index (χ4v) is 5.24. The number of amides is 2. The maximum absolute atomic E-state index is 13.0. The standard InChI is InChI=1S/C24H33ClN4O3/c1-5-18-20(29-15-17(25)6-7-19(29)27-18)21(30)26-14-16-12-24(13-16)8-10-28(11-9-24)22(31)32-23(2,3)4/h6-7,15-16H,5,8-14H2,1-4H3,(H,26,30). The smallest absolute Gasteiger partial charge is 0.410 e. The van der Waals surface area contributed by atoms with E-state index in [1.807, 2.05) is 38.7 Å². The minimum Gasteiger partial charge on any atom is -0.444 e. The summed E-state index contributed by atoms with van der Waals surface area (Å²) in [6.07, 6.45) is 6.40. The second kappa shape index (κ2) is 8.58. The minimum absolute atomic E-state index is 0.0997. The van der Waals surface area contributed by atoms with E-state index in [-0.39, 0.29) is 12.0 Å². The number of carbonyl (C=O) groups excluding carboxylic acids is 2. The molecule has 4 rings (SSSR count). The third-order valence-corrected chi connectivity index (χ3v) is 6.90. The van der Waals surface area contributed by atoms with Crippen LogP contribution in [0, 0.1) is 11.3 Å². The van der Waals surface area contributed by atoms with Gasteiger partial charge in [-0.1, -0.05) is 18.5 Å². The number of halogens is 1. The molecular formula is C24H33ClN4O3. The number of hydrogen-bond donors (Lipinski definition) is 1. The van der Waals surface area contributed by atoms with Gasteiger partial charge in [-0.25, -0.2) is 9.78 Å². The van der Waals surface area contributed by atoms with Gasteiger partial charge in [-0.3, -0.25) is 9.20 Å². The van der Waals surface area contributed by atoms with E-state index < -0.39 is 5.60 Å². The normalized spacial score (nSPS) is 18.6. The van der Waals surface area contributed by atoms with E-state index in [9.17, 15) is 9.59 Å². The summed E-state index contributed by atoms with van der Waals surface area (Å²) in [5, 5.41) is 3.70. The SMILES string of the molecule is CCc1nc2ccc(Cl)cn2c1C(=O)NCC1CC2(CCN(C(=O)OC(C)(C)C)CC2)C1. The quantitative estimate of drug-likeness (QED) is 0.717. The van der Waals surface area contributed by atoms with E-state index in [4.69, 9.17) is 16.3 Å². The predicted octanol–water partition coefficient (Wildman–Crippen LogP) is 4.71. The number of aromatic nitrogens is 2. The van der Waals surface area contributed by atoms with Gasteiger partial charge in [0.1, 0.15) is 16.9 Å². The van der Waals surface area contributed by atoms with Gasteiger partial charge < -0.3 is 15.0 Å². The van der Waals surface area contributed by atoms with E-state index in [1.165, 1.54) is 0 Å². The third kappa shape index (κ3) is 4.72. The summed E-state index contributed by atoms with van der Waals surface area (Å²) in [5.41, 5.74) is 1.93. The van der Waals surface area contributed by atoms with E-state index in [0.717, 1.165) is 50.1 Å². The second-order valence-electron chi connectivity index (χ2n) is 10.3. The van der Waals surface area contributed by atoms with Gasteiger partial charge >= 0.3 is 6.09 Å². The highest BCUT2D eigenvalue weighted by Crippen LogP contribution is 2.52. The molecule has 1 saturated heterocycles. The molecule has 8 heteroatoms. The molecule has 32 heavy (non-hydrogen) atoms. The van der Waals surface area contributed by atoms with Gasteiger partial charge in [-0.05, 0) is 76.3 Å². The number of likely N-dealkylation sites (tertiary alicyclic amines) is 1. The van der Waals surface area contributed by atoms with Gasteiger partial charge in [-0.15, -0.1) is 0 Å². The van der Waals surface area contributed by atoms with Crippen LogP contribution in [0.1, 0.15) is 69.6 Å². The molecule has 0 unspecified atom stereocenters. The first-order valence-electron chi connectivity index (χ1n) is 11.5. The van der Waals surface area contributed by atoms with E-state index in [1.54, 1.807) is 16.7 Å². The maximum atomic E-state index is 13.0. The first-order valence-corrected chi connectivity index (χ1v) is 11.9. The van der Waals surface area contributed by atoms with Crippen molar-refractivity contribution in [1.82, 2.24) is 19.6 Å². The number of fused-ring (bicyclic) bond motifs is 1. The molecular weight excluding hydrogens is 428 g/mol. The van der Waals surface area contributed by atoms with Crippen molar-refractivity contribution in [3.8, 4) is 0 Å². The van der Waals surface area contributed by atoms with Crippen molar-refractivity contribution in [3.63, 3.8) is 0 Å². The van der Waals surface area contributed by atoms with Crippen LogP contribution in [0.3, 0.4) is 0 Å². The minimum atomic E-state index is -0.462. The predicted molar refractivity (Wildman–Crippen MR) is 124 cm³/mol. The van der Waals surface area contributed by atoms with Gasteiger partial charge in [0, 0.05) is 25.8 Å². The highest BCUT2D eigenvalue weighted by molar-refractivity contribution is 6.30. The highest BCUT2D eigenvalue weighted by Gasteiger charge is 2.46. The number of nitrogens with zero attached hydrogens (tertiary/aromatic N) is 3. The number of aryl methyl sites for hydroxylation is 1. The second-order valence-corrected chi connectivity index (χ2v) is 10.7. The lowest BCUT2D eigenvalue weighted by molar-refractivity contribution is -0.0265. The Morgan fingerprint density at radius 2 is 1.94 bits per heavy atom. The zero-order valence-electron chi connectivity index (χ0n) is 19.4. The van der Waals surface area contributed by atoms with Crippen LogP contribution in [0.15, 0.2) is 18.3 Å². The Morgan fingerprint density at radius 1 is 1.25 bits per heavy atom. The summed E-state index contributed by atoms with van der Waals surface area (Å²) >= 11 is 6.14. The molecule has 2 aromatic rings. The van der Waals surface area contributed by atoms with Crippen molar-refractivity contribution in [2.45, 2.75) is 65.4 Å². The number of rotatable bonds is 4. The fraction of sp³-hybridized carbons (Fsp3) is 0.625. The largest absolute Gasteiger partial charge is 0.444 e. The lowest BCUT2D eigenvalue weighted by Gasteiger charge is -2.52. The Kier molecular flexibility index (Phi) is 6.14. The number of hydrogen-bond acceptors (Lipinski definition) is 4. The monoisotopic (exact) mass is 460 g/mol. The number of imidazole rings is 1. The number of piperidine rings is 1. The Morgan fingerprint density at radius 3 is 2.56 bits per heavy atom. The van der Waals surface area contributed by atoms with Crippen molar-refractivity contribution in [3.05, 3.63) is 34.7 Å². The summed E-state index contributed by atoms with van der Waals surface area (Å²) < 4.78 is 7.28. The van der Waals surface area contributed by atoms with Crippen molar-refractivity contribution >= 4 is 29.2 Å². The number of carbonyl (C=O) groups is 2. The summed E-state index contributed by atoms with van der Waals surface area (Å²) in [7, 11) is 0. The van der Waals surface area contributed by atoms with Crippen molar-refractivity contribution in [2.24, 2.45) is 11.3 Å². The van der Waals surface area contributed by atoms with Gasteiger partial charge in [0.25, 0.3) is 5.91 Å². The molecule has 0 bridgehead atoms. The molecule has 3 heterocycles. The van der Waals surface area contributed by atoms with Crippen LogP contribution in [0.25, 0.3) is 5.65 Å². The zero-order chi connectivity index (χ0) is 23.1. The maximum Gasteiger partial charge on any atom is 0.410 e. The Labute approximate surface area is 194 Å². The molecule has 2 aliphatic rings. The molecule has 2 fully saturated rings. The van der Waals surface area contributed by atoms with Crippen molar-refractivity contribution in [1.29, 1.82) is 0 Å². The average molecular weight is 461 g/mol. The summed E-state index contributed by atoms with van der Waals surface area (Å²) in [4.78, 5) is 31.7. The van der Waals surface area contributed by atoms with Gasteiger partial charge in [0.05, 0.1) is 10.7 Å². The first-order chi connectivity index (χ1) is 15.1. The first kappa shape index (κ1) is 22.9. The van der Waals surface area contributed by atoms with E-state index >= 15 is 0 Å². The highest BCUT2D eigenvalue weighted by atomic mass is 35.5. The van der Waals surface area contributed by atoms with Gasteiger partial charge in [-0.2, -0.15) is 0 Å². The molecule has 174 valence electrons. The van der Waals surface area contributed by atoms with Crippen LogP contribution in [-0.4, -0.2) is 51.5 Å². The summed E-state index contributed by atoms with van der Waals surface area (Å²) in [6.45, 7) is 9.84. The van der Waals surface area contributed by atoms with E-state index in [2.05, 4.69) is 10.3 Å². The van der Waals surface area contributed by atoms with Crippen LogP contribution < -0.4 is 5.32 Å². The lowest BCUT2D eigenvalue weighted by Crippen LogP contribution is -2.51. The lowest BCUT2D eigenvalue weighted by atomic mass is 9.57. The summed E-state index contributed by atoms with van der Waals surface area (Å²) in [5.74, 6) is 0.372. The molecule has 2 aromatic heterocycles. The molecule has 1 spiro atoms. The van der Waals surface area contributed by atoms with Crippen molar-refractivity contribution in [2.75, 3.05) is 19.6 Å². The van der Waals surface area contributed by atoms with Gasteiger partial charge in [0.2, 0.25) is 0 Å². The summed E-state index contributed by atoms with van der Waals surface area (Å²) in [6, 6.07) is 3.62. The molecule has 1 aliphatic carbocycles. The van der Waals surface area contributed by atoms with E-state index in [0.29, 0.717) is 35.0 Å². The number of nitrogens with one attached hydrogen (secondary N) is 1. The van der Waals surface area contributed by atoms with Crippen LogP contribution in [0.5, 0.6) is 0 Å². The number of pyridine rings is 1. The van der Waals surface area contributed by atoms with Crippen LogP contribution in [0.2, 0.25) is 5.02 Å². The van der Waals surface area contributed by atoms with Crippen LogP contribution >= 0.6 is 11.6 Å². The third-order valence-electron chi connectivity index (χ3n) is 6.68. The Hall–Kier alpha value is -2.28. The molecule has 1 aliphatic heterocycles. The Bertz CT molecular complexity index is 1010. The molecule has 7 nitrogen and oxygen atoms in total. The zero-order valence-corrected chi connectivity index (χ0v) is 20.2. The van der Waals surface area contributed by atoms with Crippen molar-refractivity contribution < 1.29 is 14.3 Å². The van der Waals surface area contributed by atoms with Crippen LogP contribution in [-0.2, 0) is 11.2 Å². The molecule has 0 radical (unpaired) electrons. The fourth-order valence-electron chi connectivity index (χ4n) is 5.08. The molecule has 0 aromatic carbocycles. The Balaban J connectivity index is 1.29.